The van der Waals surface area contributed by atoms with Crippen LogP contribution in [0.3, 0.4) is 0 Å². The molecule has 1 amide bonds. The molecule has 0 saturated carbocycles. The highest BCUT2D eigenvalue weighted by Gasteiger charge is 2.31. The summed E-state index contributed by atoms with van der Waals surface area (Å²) in [6.07, 6.45) is 3.70. The van der Waals surface area contributed by atoms with Crippen LogP contribution in [0.5, 0.6) is 0 Å². The highest BCUT2D eigenvalue weighted by Crippen LogP contribution is 2.26. The van der Waals surface area contributed by atoms with Crippen molar-refractivity contribution in [3.05, 3.63) is 35.9 Å². The minimum Gasteiger partial charge on any atom is -0.472 e. The second-order valence-electron chi connectivity index (χ2n) is 4.45. The number of aliphatic hydroxyl groups excluding tert-OH is 1. The number of hydrogen-bond acceptors (Lipinski definition) is 6. The van der Waals surface area contributed by atoms with E-state index in [2.05, 4.69) is 10.1 Å². The van der Waals surface area contributed by atoms with Crippen LogP contribution < -0.4 is 0 Å². The number of hydrogen-bond donors (Lipinski definition) is 1. The Kier molecular flexibility index (Phi) is 3.04. The third-order valence-corrected chi connectivity index (χ3v) is 3.23. The molecule has 1 aliphatic rings. The molecule has 100 valence electrons. The van der Waals surface area contributed by atoms with Crippen LogP contribution in [0.25, 0.3) is 0 Å². The molecule has 2 aromatic rings. The van der Waals surface area contributed by atoms with Gasteiger partial charge in [0.2, 0.25) is 0 Å². The van der Waals surface area contributed by atoms with Crippen LogP contribution in [0.15, 0.2) is 27.5 Å². The van der Waals surface area contributed by atoms with Gasteiger partial charge in [0.15, 0.2) is 5.82 Å². The lowest BCUT2D eigenvalue weighted by molar-refractivity contribution is 0.0789. The minimum absolute atomic E-state index is 0.0536. The van der Waals surface area contributed by atoms with Crippen molar-refractivity contribution in [1.29, 1.82) is 0 Å². The Hall–Kier alpha value is -2.15. The van der Waals surface area contributed by atoms with Crippen molar-refractivity contribution in [3.63, 3.8) is 0 Å². The largest absolute Gasteiger partial charge is 0.472 e. The summed E-state index contributed by atoms with van der Waals surface area (Å²) in [7, 11) is 0. The van der Waals surface area contributed by atoms with E-state index in [0.29, 0.717) is 24.5 Å². The average molecular weight is 263 g/mol. The molecule has 0 aromatic carbocycles. The topological polar surface area (TPSA) is 92.6 Å². The maximum Gasteiger partial charge on any atom is 0.257 e. The van der Waals surface area contributed by atoms with Gasteiger partial charge < -0.3 is 18.9 Å². The second-order valence-corrected chi connectivity index (χ2v) is 4.45. The summed E-state index contributed by atoms with van der Waals surface area (Å²) < 4.78 is 9.77. The fourth-order valence-electron chi connectivity index (χ4n) is 2.22. The van der Waals surface area contributed by atoms with Crippen LogP contribution in [0, 0.1) is 0 Å². The minimum atomic E-state index is -0.266. The van der Waals surface area contributed by atoms with Crippen molar-refractivity contribution < 1.29 is 18.8 Å². The second kappa shape index (κ2) is 4.85. The average Bonchev–Trinajstić information content (AvgIpc) is 3.17. The van der Waals surface area contributed by atoms with Gasteiger partial charge in [-0.1, -0.05) is 5.16 Å². The Bertz CT molecular complexity index is 563. The number of aliphatic hydroxyl groups is 1. The van der Waals surface area contributed by atoms with Gasteiger partial charge >= 0.3 is 0 Å². The fraction of sp³-hybridized carbons (Fsp3) is 0.417. The first-order chi connectivity index (χ1) is 9.28. The molecule has 1 aliphatic heterocycles. The highest BCUT2D eigenvalue weighted by atomic mass is 16.5. The first-order valence-electron chi connectivity index (χ1n) is 6.02. The molecule has 0 radical (unpaired) electrons. The maximum absolute atomic E-state index is 12.1. The van der Waals surface area contributed by atoms with Gasteiger partial charge in [-0.2, -0.15) is 4.98 Å². The lowest BCUT2D eigenvalue weighted by Gasteiger charge is -2.14. The van der Waals surface area contributed by atoms with Crippen LogP contribution in [-0.4, -0.2) is 39.1 Å². The van der Waals surface area contributed by atoms with E-state index >= 15 is 0 Å². The molecule has 1 fully saturated rings. The Balaban J connectivity index is 1.68. The number of nitrogens with zero attached hydrogens (tertiary/aromatic N) is 3. The molecule has 3 heterocycles. The van der Waals surface area contributed by atoms with Gasteiger partial charge in [0, 0.05) is 19.0 Å². The molecule has 1 atom stereocenters. The van der Waals surface area contributed by atoms with E-state index < -0.39 is 0 Å². The Labute approximate surface area is 108 Å². The third kappa shape index (κ3) is 2.24. The van der Waals surface area contributed by atoms with E-state index in [0.717, 1.165) is 6.42 Å². The van der Waals surface area contributed by atoms with Crippen LogP contribution >= 0.6 is 0 Å². The van der Waals surface area contributed by atoms with Crippen molar-refractivity contribution >= 4 is 5.91 Å². The zero-order valence-corrected chi connectivity index (χ0v) is 10.2. The number of likely N-dealkylation sites (tertiary alicyclic amines) is 1. The normalized spacial score (nSPS) is 19.0. The van der Waals surface area contributed by atoms with Gasteiger partial charge in [0.25, 0.3) is 11.8 Å². The molecule has 1 unspecified atom stereocenters. The van der Waals surface area contributed by atoms with Crippen molar-refractivity contribution in [1.82, 2.24) is 15.0 Å². The van der Waals surface area contributed by atoms with E-state index in [-0.39, 0.29) is 24.3 Å². The standard InChI is InChI=1S/C12H13N3O4/c16-6-10-13-11(14-19-10)8-1-3-15(5-8)12(17)9-2-4-18-7-9/h2,4,7-8,16H,1,3,5-6H2. The van der Waals surface area contributed by atoms with Gasteiger partial charge in [-0.25, -0.2) is 0 Å². The molecular weight excluding hydrogens is 250 g/mol. The zero-order chi connectivity index (χ0) is 13.2. The molecule has 2 aromatic heterocycles. The van der Waals surface area contributed by atoms with Crippen LogP contribution in [0.4, 0.5) is 0 Å². The quantitative estimate of drug-likeness (QED) is 0.879. The molecule has 7 nitrogen and oxygen atoms in total. The predicted molar refractivity (Wildman–Crippen MR) is 62.2 cm³/mol. The molecule has 7 heteroatoms. The molecule has 0 aliphatic carbocycles. The summed E-state index contributed by atoms with van der Waals surface area (Å²) >= 11 is 0. The molecule has 0 bridgehead atoms. The van der Waals surface area contributed by atoms with Crippen molar-refractivity contribution in [2.75, 3.05) is 13.1 Å². The van der Waals surface area contributed by atoms with Crippen molar-refractivity contribution in [3.8, 4) is 0 Å². The number of carbonyl (C=O) groups is 1. The Morgan fingerprint density at radius 2 is 2.47 bits per heavy atom. The predicted octanol–water partition coefficient (Wildman–Crippen LogP) is 0.785. The summed E-state index contributed by atoms with van der Waals surface area (Å²) in [5, 5.41) is 12.7. The smallest absolute Gasteiger partial charge is 0.257 e. The lowest BCUT2D eigenvalue weighted by atomic mass is 10.1. The third-order valence-electron chi connectivity index (χ3n) is 3.23. The van der Waals surface area contributed by atoms with Gasteiger partial charge in [-0.05, 0) is 12.5 Å². The zero-order valence-electron chi connectivity index (χ0n) is 10.2. The number of furan rings is 1. The highest BCUT2D eigenvalue weighted by molar-refractivity contribution is 5.94. The SMILES string of the molecule is O=C(c1ccoc1)N1CCC(c2noc(CO)n2)C1. The summed E-state index contributed by atoms with van der Waals surface area (Å²) in [4.78, 5) is 17.9. The van der Waals surface area contributed by atoms with Crippen LogP contribution in [0.2, 0.25) is 0 Å². The van der Waals surface area contributed by atoms with Gasteiger partial charge in [-0.3, -0.25) is 4.79 Å². The van der Waals surface area contributed by atoms with Crippen molar-refractivity contribution in [2.45, 2.75) is 18.9 Å². The van der Waals surface area contributed by atoms with E-state index in [1.807, 2.05) is 0 Å². The van der Waals surface area contributed by atoms with Crippen molar-refractivity contribution in [2.24, 2.45) is 0 Å². The number of rotatable bonds is 3. The van der Waals surface area contributed by atoms with Gasteiger partial charge in [0.05, 0.1) is 11.8 Å². The van der Waals surface area contributed by atoms with E-state index in [1.54, 1.807) is 11.0 Å². The summed E-state index contributed by atoms with van der Waals surface area (Å²) in [5.74, 6) is 0.753. The first-order valence-corrected chi connectivity index (χ1v) is 6.02. The lowest BCUT2D eigenvalue weighted by Crippen LogP contribution is -2.28. The summed E-state index contributed by atoms with van der Waals surface area (Å²) in [6, 6.07) is 1.65. The summed E-state index contributed by atoms with van der Waals surface area (Å²) in [5.41, 5.74) is 0.546. The number of carbonyl (C=O) groups excluding carboxylic acids is 1. The monoisotopic (exact) mass is 263 g/mol. The Morgan fingerprint density at radius 3 is 3.16 bits per heavy atom. The van der Waals surface area contributed by atoms with Crippen LogP contribution in [0.1, 0.15) is 34.4 Å². The van der Waals surface area contributed by atoms with E-state index in [4.69, 9.17) is 14.0 Å². The first kappa shape index (κ1) is 11.9. The number of aromatic nitrogens is 2. The molecule has 1 saturated heterocycles. The molecule has 3 rings (SSSR count). The molecular formula is C12H13N3O4. The fourth-order valence-corrected chi connectivity index (χ4v) is 2.22. The van der Waals surface area contributed by atoms with Gasteiger partial charge in [-0.15, -0.1) is 0 Å². The molecule has 1 N–H and O–H groups in total. The molecule has 19 heavy (non-hydrogen) atoms. The maximum atomic E-state index is 12.1. The molecule has 0 spiro atoms. The van der Waals surface area contributed by atoms with E-state index in [9.17, 15) is 4.79 Å². The van der Waals surface area contributed by atoms with Crippen LogP contribution in [-0.2, 0) is 6.61 Å². The van der Waals surface area contributed by atoms with E-state index in [1.165, 1.54) is 12.5 Å². The van der Waals surface area contributed by atoms with Gasteiger partial charge in [0.1, 0.15) is 12.9 Å². The number of amides is 1. The summed E-state index contributed by atoms with van der Waals surface area (Å²) in [6.45, 7) is 0.934. The Morgan fingerprint density at radius 1 is 1.58 bits per heavy atom.